The molecular formula is C17H20FNO3. The molecule has 1 amide bonds. The van der Waals surface area contributed by atoms with E-state index in [0.29, 0.717) is 36.5 Å². The van der Waals surface area contributed by atoms with Crippen LogP contribution in [-0.4, -0.2) is 25.7 Å². The molecular weight excluding hydrogens is 285 g/mol. The number of carbonyl (C=O) groups excluding carboxylic acids is 1. The van der Waals surface area contributed by atoms with Crippen LogP contribution in [0.2, 0.25) is 0 Å². The fraction of sp³-hybridized carbons (Fsp3) is 0.353. The summed E-state index contributed by atoms with van der Waals surface area (Å²) < 4.78 is 24.2. The van der Waals surface area contributed by atoms with Crippen molar-refractivity contribution in [3.05, 3.63) is 48.0 Å². The molecule has 22 heavy (non-hydrogen) atoms. The summed E-state index contributed by atoms with van der Waals surface area (Å²) in [6.45, 7) is 2.36. The van der Waals surface area contributed by atoms with Crippen molar-refractivity contribution in [2.45, 2.75) is 25.8 Å². The summed E-state index contributed by atoms with van der Waals surface area (Å²) in [5.74, 6) is 0.747. The number of methoxy groups -OCH3 is 1. The second-order valence-electron chi connectivity index (χ2n) is 5.17. The Bertz CT molecular complexity index is 624. The monoisotopic (exact) mass is 305 g/mol. The van der Waals surface area contributed by atoms with Crippen molar-refractivity contribution >= 4 is 5.91 Å². The lowest BCUT2D eigenvalue weighted by atomic mass is 10.1. The van der Waals surface area contributed by atoms with Gasteiger partial charge < -0.3 is 14.5 Å². The molecule has 1 aromatic carbocycles. The van der Waals surface area contributed by atoms with Crippen LogP contribution < -0.4 is 5.32 Å². The van der Waals surface area contributed by atoms with Crippen molar-refractivity contribution in [1.82, 2.24) is 5.32 Å². The van der Waals surface area contributed by atoms with Gasteiger partial charge in [0.2, 0.25) is 5.91 Å². The first-order valence-electron chi connectivity index (χ1n) is 7.22. The largest absolute Gasteiger partial charge is 0.461 e. The standard InChI is InChI=1S/C17H20FNO3/c1-12(11-21-2)19-17(20)10-8-13-7-9-16(22-13)14-5-3-4-6-15(14)18/h3-7,9,12H,8,10-11H2,1-2H3,(H,19,20). The van der Waals surface area contributed by atoms with Crippen molar-refractivity contribution in [2.24, 2.45) is 0 Å². The molecule has 0 saturated carbocycles. The number of amides is 1. The van der Waals surface area contributed by atoms with Crippen LogP contribution >= 0.6 is 0 Å². The Labute approximate surface area is 129 Å². The highest BCUT2D eigenvalue weighted by molar-refractivity contribution is 5.76. The van der Waals surface area contributed by atoms with Gasteiger partial charge in [-0.2, -0.15) is 0 Å². The van der Waals surface area contributed by atoms with E-state index in [1.54, 1.807) is 37.4 Å². The minimum absolute atomic E-state index is 0.0249. The Morgan fingerprint density at radius 2 is 2.09 bits per heavy atom. The summed E-state index contributed by atoms with van der Waals surface area (Å²) >= 11 is 0. The van der Waals surface area contributed by atoms with Gasteiger partial charge in [0.1, 0.15) is 17.3 Å². The molecule has 2 rings (SSSR count). The third kappa shape index (κ3) is 4.43. The van der Waals surface area contributed by atoms with E-state index in [1.807, 2.05) is 6.92 Å². The van der Waals surface area contributed by atoms with Gasteiger partial charge in [0, 0.05) is 26.0 Å². The Morgan fingerprint density at radius 3 is 2.82 bits per heavy atom. The van der Waals surface area contributed by atoms with Gasteiger partial charge >= 0.3 is 0 Å². The molecule has 0 fully saturated rings. The molecule has 1 atom stereocenters. The van der Waals surface area contributed by atoms with Crippen molar-refractivity contribution in [1.29, 1.82) is 0 Å². The van der Waals surface area contributed by atoms with Gasteiger partial charge in [-0.3, -0.25) is 4.79 Å². The van der Waals surface area contributed by atoms with E-state index in [4.69, 9.17) is 9.15 Å². The molecule has 1 heterocycles. The lowest BCUT2D eigenvalue weighted by molar-refractivity contribution is -0.122. The highest BCUT2D eigenvalue weighted by atomic mass is 19.1. The Morgan fingerprint density at radius 1 is 1.32 bits per heavy atom. The fourth-order valence-electron chi connectivity index (χ4n) is 2.19. The van der Waals surface area contributed by atoms with Gasteiger partial charge in [0.15, 0.2) is 0 Å². The third-order valence-electron chi connectivity index (χ3n) is 3.22. The first-order chi connectivity index (χ1) is 10.6. The Balaban J connectivity index is 1.90. The zero-order chi connectivity index (χ0) is 15.9. The van der Waals surface area contributed by atoms with E-state index in [9.17, 15) is 9.18 Å². The molecule has 0 bridgehead atoms. The van der Waals surface area contributed by atoms with Gasteiger partial charge in [0.25, 0.3) is 0 Å². The molecule has 0 aliphatic rings. The minimum Gasteiger partial charge on any atom is -0.461 e. The first kappa shape index (κ1) is 16.2. The first-order valence-corrected chi connectivity index (χ1v) is 7.22. The van der Waals surface area contributed by atoms with Crippen LogP contribution in [-0.2, 0) is 16.0 Å². The zero-order valence-electron chi connectivity index (χ0n) is 12.8. The highest BCUT2D eigenvalue weighted by Gasteiger charge is 2.11. The number of rotatable bonds is 7. The third-order valence-corrected chi connectivity index (χ3v) is 3.22. The summed E-state index contributed by atoms with van der Waals surface area (Å²) in [6.07, 6.45) is 0.790. The van der Waals surface area contributed by atoms with Crippen LogP contribution in [0.5, 0.6) is 0 Å². The predicted octanol–water partition coefficient (Wildman–Crippen LogP) is 3.17. The molecule has 1 aromatic heterocycles. The SMILES string of the molecule is COCC(C)NC(=O)CCc1ccc(-c2ccccc2F)o1. The summed E-state index contributed by atoms with van der Waals surface area (Å²) in [6, 6.07) is 9.91. The molecule has 1 N–H and O–H groups in total. The molecule has 0 saturated heterocycles. The smallest absolute Gasteiger partial charge is 0.220 e. The molecule has 4 nitrogen and oxygen atoms in total. The van der Waals surface area contributed by atoms with E-state index in [0.717, 1.165) is 0 Å². The molecule has 0 spiro atoms. The van der Waals surface area contributed by atoms with Crippen LogP contribution in [0.25, 0.3) is 11.3 Å². The predicted molar refractivity (Wildman–Crippen MR) is 81.9 cm³/mol. The lowest BCUT2D eigenvalue weighted by Gasteiger charge is -2.12. The second kappa shape index (κ2) is 7.75. The van der Waals surface area contributed by atoms with Crippen molar-refractivity contribution < 1.29 is 18.3 Å². The van der Waals surface area contributed by atoms with Crippen LogP contribution in [0.3, 0.4) is 0 Å². The summed E-state index contributed by atoms with van der Waals surface area (Å²) in [4.78, 5) is 11.8. The summed E-state index contributed by atoms with van der Waals surface area (Å²) in [5, 5.41) is 2.83. The number of ether oxygens (including phenoxy) is 1. The molecule has 118 valence electrons. The molecule has 0 aliphatic carbocycles. The quantitative estimate of drug-likeness (QED) is 0.855. The van der Waals surface area contributed by atoms with Gasteiger partial charge in [0.05, 0.1) is 12.2 Å². The second-order valence-corrected chi connectivity index (χ2v) is 5.17. The number of halogens is 1. The van der Waals surface area contributed by atoms with Crippen molar-refractivity contribution in [3.63, 3.8) is 0 Å². The average molecular weight is 305 g/mol. The van der Waals surface area contributed by atoms with E-state index < -0.39 is 0 Å². The van der Waals surface area contributed by atoms with Gasteiger partial charge in [-0.1, -0.05) is 12.1 Å². The van der Waals surface area contributed by atoms with E-state index in [2.05, 4.69) is 5.32 Å². The van der Waals surface area contributed by atoms with Crippen LogP contribution in [0.4, 0.5) is 4.39 Å². The number of hydrogen-bond donors (Lipinski definition) is 1. The zero-order valence-corrected chi connectivity index (χ0v) is 12.8. The van der Waals surface area contributed by atoms with Gasteiger partial charge in [-0.05, 0) is 31.2 Å². The van der Waals surface area contributed by atoms with Gasteiger partial charge in [-0.25, -0.2) is 4.39 Å². The van der Waals surface area contributed by atoms with E-state index in [-0.39, 0.29) is 17.8 Å². The summed E-state index contributed by atoms with van der Waals surface area (Å²) in [7, 11) is 1.59. The van der Waals surface area contributed by atoms with Crippen molar-refractivity contribution in [3.8, 4) is 11.3 Å². The average Bonchev–Trinajstić information content (AvgIpc) is 2.94. The summed E-state index contributed by atoms with van der Waals surface area (Å²) in [5.41, 5.74) is 0.423. The van der Waals surface area contributed by atoms with Crippen LogP contribution in [0, 0.1) is 5.82 Å². The van der Waals surface area contributed by atoms with E-state index >= 15 is 0 Å². The molecule has 0 aliphatic heterocycles. The Kier molecular flexibility index (Phi) is 5.72. The normalized spacial score (nSPS) is 12.1. The number of benzene rings is 1. The molecule has 1 unspecified atom stereocenters. The maximum atomic E-state index is 13.7. The number of carbonyl (C=O) groups is 1. The number of furan rings is 1. The highest BCUT2D eigenvalue weighted by Crippen LogP contribution is 2.25. The van der Waals surface area contributed by atoms with Gasteiger partial charge in [-0.15, -0.1) is 0 Å². The van der Waals surface area contributed by atoms with Crippen LogP contribution in [0.15, 0.2) is 40.8 Å². The maximum Gasteiger partial charge on any atom is 0.220 e. The van der Waals surface area contributed by atoms with Crippen LogP contribution in [0.1, 0.15) is 19.1 Å². The molecule has 5 heteroatoms. The molecule has 2 aromatic rings. The lowest BCUT2D eigenvalue weighted by Crippen LogP contribution is -2.35. The number of hydrogen-bond acceptors (Lipinski definition) is 3. The topological polar surface area (TPSA) is 51.5 Å². The number of nitrogens with one attached hydrogen (secondary N) is 1. The molecule has 0 radical (unpaired) electrons. The minimum atomic E-state index is -0.325. The van der Waals surface area contributed by atoms with Crippen molar-refractivity contribution in [2.75, 3.05) is 13.7 Å². The maximum absolute atomic E-state index is 13.7. The van der Waals surface area contributed by atoms with E-state index in [1.165, 1.54) is 6.07 Å². The Hall–Kier alpha value is -2.14. The fourth-order valence-corrected chi connectivity index (χ4v) is 2.19. The number of aryl methyl sites for hydroxylation is 1.